The number of nitrogens with one attached hydrogen (secondary N) is 1. The number of aliphatic carboxylic acids is 2. The van der Waals surface area contributed by atoms with Gasteiger partial charge in [-0.25, -0.2) is 0 Å². The van der Waals surface area contributed by atoms with Crippen molar-refractivity contribution in [1.82, 2.24) is 5.32 Å². The molecule has 2 unspecified atom stereocenters. The fourth-order valence-electron chi connectivity index (χ4n) is 0.862. The summed E-state index contributed by atoms with van der Waals surface area (Å²) in [5.74, 6) is -4.27. The molecule has 0 spiro atoms. The quantitative estimate of drug-likeness (QED) is 0.391. The van der Waals surface area contributed by atoms with Gasteiger partial charge in [-0.2, -0.15) is 0 Å². The smallest absolute Gasteiger partial charge is 0.550 e. The first kappa shape index (κ1) is 23.4. The predicted molar refractivity (Wildman–Crippen MR) is 44.3 cm³/mol. The van der Waals surface area contributed by atoms with E-state index in [4.69, 9.17) is 10.2 Å². The minimum Gasteiger partial charge on any atom is -0.550 e. The SMILES string of the molecule is O=C([O-])CCC(NC(=O)C(O)CO)C(=O)[O-].[Na+].[Na+]. The maximum Gasteiger partial charge on any atom is 1.00 e. The van der Waals surface area contributed by atoms with Crippen LogP contribution in [0.15, 0.2) is 0 Å². The van der Waals surface area contributed by atoms with Crippen molar-refractivity contribution in [3.8, 4) is 0 Å². The Kier molecular flexibility index (Phi) is 16.1. The molecule has 0 saturated carbocycles. The summed E-state index contributed by atoms with van der Waals surface area (Å²) in [5.41, 5.74) is 0. The number of aliphatic hydroxyl groups is 2. The van der Waals surface area contributed by atoms with Crippen LogP contribution in [0.5, 0.6) is 0 Å². The molecular formula is C8H11NNa2O7. The van der Waals surface area contributed by atoms with Gasteiger partial charge in [-0.1, -0.05) is 0 Å². The Morgan fingerprint density at radius 1 is 1.17 bits per heavy atom. The molecule has 10 heteroatoms. The third-order valence-corrected chi connectivity index (χ3v) is 1.71. The zero-order chi connectivity index (χ0) is 12.7. The number of aliphatic hydroxyl groups excluding tert-OH is 2. The molecule has 0 saturated heterocycles. The Bertz CT molecular complexity index is 287. The van der Waals surface area contributed by atoms with E-state index < -0.39 is 49.4 Å². The third kappa shape index (κ3) is 10.3. The molecule has 2 atom stereocenters. The van der Waals surface area contributed by atoms with Crippen molar-refractivity contribution in [2.24, 2.45) is 0 Å². The third-order valence-electron chi connectivity index (χ3n) is 1.71. The molecule has 0 radical (unpaired) electrons. The summed E-state index contributed by atoms with van der Waals surface area (Å²) in [6.45, 7) is -0.869. The normalized spacial score (nSPS) is 12.3. The summed E-state index contributed by atoms with van der Waals surface area (Å²) in [7, 11) is 0. The van der Waals surface area contributed by atoms with E-state index in [2.05, 4.69) is 0 Å². The van der Waals surface area contributed by atoms with Crippen LogP contribution < -0.4 is 74.6 Å². The fourth-order valence-corrected chi connectivity index (χ4v) is 0.862. The zero-order valence-corrected chi connectivity index (χ0v) is 14.2. The monoisotopic (exact) mass is 279 g/mol. The molecule has 0 bridgehead atoms. The maximum atomic E-state index is 11.0. The molecule has 0 aromatic rings. The fraction of sp³-hybridized carbons (Fsp3) is 0.625. The van der Waals surface area contributed by atoms with Crippen molar-refractivity contribution in [3.05, 3.63) is 0 Å². The van der Waals surface area contributed by atoms with Gasteiger partial charge in [0.1, 0.15) is 0 Å². The van der Waals surface area contributed by atoms with E-state index in [0.717, 1.165) is 0 Å². The predicted octanol–water partition coefficient (Wildman–Crippen LogP) is -10.9. The van der Waals surface area contributed by atoms with Gasteiger partial charge in [0.05, 0.1) is 18.6 Å². The van der Waals surface area contributed by atoms with Crippen LogP contribution in [0.2, 0.25) is 0 Å². The average Bonchev–Trinajstić information content (AvgIpc) is 2.21. The molecule has 1 amide bonds. The molecule has 0 rings (SSSR count). The van der Waals surface area contributed by atoms with Crippen LogP contribution in [0.25, 0.3) is 0 Å². The second-order valence-electron chi connectivity index (χ2n) is 2.99. The first-order chi connectivity index (χ1) is 7.38. The second-order valence-corrected chi connectivity index (χ2v) is 2.99. The van der Waals surface area contributed by atoms with Gasteiger partial charge in [0.15, 0.2) is 6.10 Å². The van der Waals surface area contributed by atoms with Crippen LogP contribution in [0.4, 0.5) is 0 Å². The van der Waals surface area contributed by atoms with Crippen LogP contribution in [0, 0.1) is 0 Å². The van der Waals surface area contributed by atoms with E-state index in [1.165, 1.54) is 0 Å². The standard InChI is InChI=1S/C8H13NO7.2Na/c10-3-5(11)7(14)9-4(8(15)16)1-2-6(12)13;;/h4-5,10-11H,1-3H2,(H,9,14)(H,12,13)(H,15,16);;/q;2*+1/p-2. The molecule has 0 heterocycles. The van der Waals surface area contributed by atoms with Crippen LogP contribution in [0.1, 0.15) is 12.8 Å². The van der Waals surface area contributed by atoms with Gasteiger partial charge in [-0.15, -0.1) is 0 Å². The number of hydrogen-bond donors (Lipinski definition) is 3. The number of rotatable bonds is 7. The first-order valence-corrected chi connectivity index (χ1v) is 4.38. The number of hydrogen-bond acceptors (Lipinski definition) is 7. The summed E-state index contributed by atoms with van der Waals surface area (Å²) in [5, 5.41) is 39.6. The zero-order valence-electron chi connectivity index (χ0n) is 10.2. The molecule has 0 aromatic carbocycles. The Balaban J connectivity index is -0.00000112. The van der Waals surface area contributed by atoms with E-state index in [-0.39, 0.29) is 59.1 Å². The molecule has 18 heavy (non-hydrogen) atoms. The maximum absolute atomic E-state index is 11.0. The van der Waals surface area contributed by atoms with Crippen LogP contribution in [-0.2, 0) is 14.4 Å². The van der Waals surface area contributed by atoms with Crippen LogP contribution >= 0.6 is 0 Å². The number of carboxylic acids is 2. The minimum atomic E-state index is -1.76. The average molecular weight is 279 g/mol. The Morgan fingerprint density at radius 2 is 1.67 bits per heavy atom. The molecular weight excluding hydrogens is 268 g/mol. The van der Waals surface area contributed by atoms with Gasteiger partial charge in [-0.05, 0) is 12.8 Å². The molecule has 0 aliphatic heterocycles. The summed E-state index contributed by atoms with van der Waals surface area (Å²) >= 11 is 0. The van der Waals surface area contributed by atoms with Gasteiger partial charge < -0.3 is 35.3 Å². The van der Waals surface area contributed by atoms with Crippen molar-refractivity contribution in [2.75, 3.05) is 6.61 Å². The summed E-state index contributed by atoms with van der Waals surface area (Å²) < 4.78 is 0. The Hall–Kier alpha value is 0.330. The largest absolute Gasteiger partial charge is 1.00 e. The number of carbonyl (C=O) groups excluding carboxylic acids is 3. The Morgan fingerprint density at radius 3 is 2.00 bits per heavy atom. The number of carbonyl (C=O) groups is 3. The molecule has 8 nitrogen and oxygen atoms in total. The van der Waals surface area contributed by atoms with Gasteiger partial charge in [0, 0.05) is 5.97 Å². The second kappa shape index (κ2) is 12.4. The molecule has 0 aliphatic rings. The molecule has 0 aliphatic carbocycles. The van der Waals surface area contributed by atoms with E-state index >= 15 is 0 Å². The Labute approximate surface area is 147 Å². The van der Waals surface area contributed by atoms with E-state index in [9.17, 15) is 24.6 Å². The number of carboxylic acid groups (broad SMARTS) is 2. The van der Waals surface area contributed by atoms with Crippen LogP contribution in [0.3, 0.4) is 0 Å². The van der Waals surface area contributed by atoms with Crippen LogP contribution in [-0.4, -0.2) is 46.8 Å². The number of amides is 1. The molecule has 92 valence electrons. The van der Waals surface area contributed by atoms with E-state index in [0.29, 0.717) is 0 Å². The summed E-state index contributed by atoms with van der Waals surface area (Å²) in [4.78, 5) is 31.5. The van der Waals surface area contributed by atoms with Crippen molar-refractivity contribution in [2.45, 2.75) is 25.0 Å². The summed E-state index contributed by atoms with van der Waals surface area (Å²) in [6, 6.07) is -1.55. The van der Waals surface area contributed by atoms with Crippen molar-refractivity contribution in [3.63, 3.8) is 0 Å². The van der Waals surface area contributed by atoms with Crippen molar-refractivity contribution < 1.29 is 93.9 Å². The topological polar surface area (TPSA) is 150 Å². The first-order valence-electron chi connectivity index (χ1n) is 4.38. The molecule has 3 N–H and O–H groups in total. The summed E-state index contributed by atoms with van der Waals surface area (Å²) in [6.07, 6.45) is -2.76. The van der Waals surface area contributed by atoms with Crippen molar-refractivity contribution >= 4 is 17.8 Å². The van der Waals surface area contributed by atoms with Gasteiger partial charge in [0.25, 0.3) is 5.91 Å². The molecule has 0 fully saturated rings. The van der Waals surface area contributed by atoms with Crippen molar-refractivity contribution in [1.29, 1.82) is 0 Å². The minimum absolute atomic E-state index is 0. The van der Waals surface area contributed by atoms with Gasteiger partial charge in [0.2, 0.25) is 0 Å². The molecule has 0 aromatic heterocycles. The van der Waals surface area contributed by atoms with Gasteiger partial charge in [-0.3, -0.25) is 4.79 Å². The van der Waals surface area contributed by atoms with Gasteiger partial charge >= 0.3 is 59.1 Å². The van der Waals surface area contributed by atoms with E-state index in [1.54, 1.807) is 0 Å². The van der Waals surface area contributed by atoms with E-state index in [1.807, 2.05) is 5.32 Å².